The Morgan fingerprint density at radius 3 is 2.74 bits per heavy atom. The Labute approximate surface area is 112 Å². The molecule has 0 aromatic carbocycles. The smallest absolute Gasteiger partial charge is 0.244 e. The molecule has 1 heterocycles. The summed E-state index contributed by atoms with van der Waals surface area (Å²) in [5.74, 6) is -0.380. The van der Waals surface area contributed by atoms with Gasteiger partial charge in [0, 0.05) is 25.8 Å². The number of sulfonamides is 1. The zero-order valence-electron chi connectivity index (χ0n) is 11.2. The van der Waals surface area contributed by atoms with Crippen LogP contribution in [0.1, 0.15) is 6.92 Å². The fourth-order valence-electron chi connectivity index (χ4n) is 1.21. The third kappa shape index (κ3) is 4.97. The van der Waals surface area contributed by atoms with Crippen LogP contribution in [0.2, 0.25) is 0 Å². The van der Waals surface area contributed by atoms with E-state index < -0.39 is 10.0 Å². The minimum atomic E-state index is -3.69. The van der Waals surface area contributed by atoms with Gasteiger partial charge in [0.2, 0.25) is 15.9 Å². The number of rotatable bonds is 7. The summed E-state index contributed by atoms with van der Waals surface area (Å²) in [6.45, 7) is 2.04. The largest absolute Gasteiger partial charge is 0.353 e. The summed E-state index contributed by atoms with van der Waals surface area (Å²) >= 11 is 0. The minimum Gasteiger partial charge on any atom is -0.353 e. The molecule has 1 aromatic heterocycles. The molecule has 1 aromatic rings. The molecule has 0 saturated heterocycles. The Bertz CT molecular complexity index is 525. The number of aryl methyl sites for hydroxylation is 1. The molecular weight excluding hydrogens is 270 g/mol. The second-order valence-electron chi connectivity index (χ2n) is 4.17. The average Bonchev–Trinajstić information content (AvgIpc) is 2.81. The average molecular weight is 289 g/mol. The van der Waals surface area contributed by atoms with E-state index in [1.807, 2.05) is 6.92 Å². The standard InChI is InChI=1S/C10H19N5O3S/c1-8(11-2)4-12-10(16)6-14-19(17,18)9-5-13-15(3)7-9/h5,7-8,11,14H,4,6H2,1-3H3,(H,12,16). The number of nitrogens with one attached hydrogen (secondary N) is 3. The molecule has 0 fully saturated rings. The number of nitrogens with zero attached hydrogens (tertiary/aromatic N) is 2. The van der Waals surface area contributed by atoms with E-state index >= 15 is 0 Å². The highest BCUT2D eigenvalue weighted by Gasteiger charge is 2.17. The van der Waals surface area contributed by atoms with Crippen LogP contribution in [0, 0.1) is 0 Å². The molecule has 0 aliphatic carbocycles. The van der Waals surface area contributed by atoms with Crippen molar-refractivity contribution in [2.75, 3.05) is 20.1 Å². The predicted molar refractivity (Wildman–Crippen MR) is 69.9 cm³/mol. The molecule has 9 heteroatoms. The van der Waals surface area contributed by atoms with Crippen LogP contribution >= 0.6 is 0 Å². The number of amides is 1. The van der Waals surface area contributed by atoms with Gasteiger partial charge in [-0.2, -0.15) is 5.10 Å². The maximum absolute atomic E-state index is 11.8. The van der Waals surface area contributed by atoms with Crippen LogP contribution in [0.5, 0.6) is 0 Å². The molecule has 19 heavy (non-hydrogen) atoms. The molecule has 0 bridgehead atoms. The zero-order chi connectivity index (χ0) is 14.5. The van der Waals surface area contributed by atoms with Crippen molar-refractivity contribution < 1.29 is 13.2 Å². The highest BCUT2D eigenvalue weighted by molar-refractivity contribution is 7.89. The number of aromatic nitrogens is 2. The Hall–Kier alpha value is -1.45. The van der Waals surface area contributed by atoms with Gasteiger partial charge in [-0.15, -0.1) is 0 Å². The van der Waals surface area contributed by atoms with Crippen LogP contribution < -0.4 is 15.4 Å². The lowest BCUT2D eigenvalue weighted by Gasteiger charge is -2.11. The van der Waals surface area contributed by atoms with Crippen molar-refractivity contribution in [3.8, 4) is 0 Å². The van der Waals surface area contributed by atoms with Gasteiger partial charge < -0.3 is 10.6 Å². The second-order valence-corrected chi connectivity index (χ2v) is 5.94. The normalized spacial score (nSPS) is 13.2. The molecule has 108 valence electrons. The first kappa shape index (κ1) is 15.6. The van der Waals surface area contributed by atoms with E-state index in [-0.39, 0.29) is 23.4 Å². The first-order valence-electron chi connectivity index (χ1n) is 5.77. The summed E-state index contributed by atoms with van der Waals surface area (Å²) in [6, 6.07) is 0.124. The van der Waals surface area contributed by atoms with E-state index in [0.29, 0.717) is 6.54 Å². The van der Waals surface area contributed by atoms with E-state index in [4.69, 9.17) is 0 Å². The quantitative estimate of drug-likeness (QED) is 0.562. The van der Waals surface area contributed by atoms with Crippen LogP contribution in [0.15, 0.2) is 17.3 Å². The molecule has 8 nitrogen and oxygen atoms in total. The monoisotopic (exact) mass is 289 g/mol. The fourth-order valence-corrected chi connectivity index (χ4v) is 2.18. The number of hydrogen-bond donors (Lipinski definition) is 3. The lowest BCUT2D eigenvalue weighted by atomic mass is 10.3. The molecule has 1 rings (SSSR count). The van der Waals surface area contributed by atoms with Gasteiger partial charge in [-0.3, -0.25) is 9.48 Å². The first-order chi connectivity index (χ1) is 8.85. The molecule has 0 saturated carbocycles. The molecule has 3 N–H and O–H groups in total. The van der Waals surface area contributed by atoms with Gasteiger partial charge >= 0.3 is 0 Å². The van der Waals surface area contributed by atoms with Crippen molar-refractivity contribution in [1.29, 1.82) is 0 Å². The zero-order valence-corrected chi connectivity index (χ0v) is 12.0. The molecule has 1 amide bonds. The molecule has 1 unspecified atom stereocenters. The van der Waals surface area contributed by atoms with Crippen LogP contribution in [0.4, 0.5) is 0 Å². The SMILES string of the molecule is CNC(C)CNC(=O)CNS(=O)(=O)c1cnn(C)c1. The lowest BCUT2D eigenvalue weighted by Crippen LogP contribution is -2.42. The Balaban J connectivity index is 2.45. The molecular formula is C10H19N5O3S. The minimum absolute atomic E-state index is 0.0337. The van der Waals surface area contributed by atoms with Crippen molar-refractivity contribution in [2.24, 2.45) is 7.05 Å². The maximum atomic E-state index is 11.8. The van der Waals surface area contributed by atoms with E-state index in [1.165, 1.54) is 17.1 Å². The van der Waals surface area contributed by atoms with Gasteiger partial charge in [0.05, 0.1) is 12.7 Å². The van der Waals surface area contributed by atoms with Crippen LogP contribution in [-0.4, -0.2) is 50.3 Å². The van der Waals surface area contributed by atoms with Crippen molar-refractivity contribution >= 4 is 15.9 Å². The van der Waals surface area contributed by atoms with Gasteiger partial charge in [-0.1, -0.05) is 0 Å². The number of likely N-dealkylation sites (N-methyl/N-ethyl adjacent to an activating group) is 1. The molecule has 1 atom stereocenters. The van der Waals surface area contributed by atoms with Crippen LogP contribution in [-0.2, 0) is 21.9 Å². The predicted octanol–water partition coefficient (Wildman–Crippen LogP) is -1.58. The summed E-state index contributed by atoms with van der Waals surface area (Å²) in [5, 5.41) is 9.34. The van der Waals surface area contributed by atoms with Gasteiger partial charge in [0.15, 0.2) is 0 Å². The highest BCUT2D eigenvalue weighted by atomic mass is 32.2. The molecule has 0 aliphatic rings. The summed E-state index contributed by atoms with van der Waals surface area (Å²) in [5.41, 5.74) is 0. The molecule has 0 spiro atoms. The van der Waals surface area contributed by atoms with Crippen LogP contribution in [0.25, 0.3) is 0 Å². The van der Waals surface area contributed by atoms with E-state index in [9.17, 15) is 13.2 Å². The Morgan fingerprint density at radius 2 is 2.21 bits per heavy atom. The van der Waals surface area contributed by atoms with E-state index in [2.05, 4.69) is 20.5 Å². The van der Waals surface area contributed by atoms with Crippen molar-refractivity contribution in [2.45, 2.75) is 17.9 Å². The fraction of sp³-hybridized carbons (Fsp3) is 0.600. The Kier molecular flexibility index (Phi) is 5.45. The lowest BCUT2D eigenvalue weighted by molar-refractivity contribution is -0.120. The van der Waals surface area contributed by atoms with Gasteiger partial charge in [0.1, 0.15) is 4.90 Å². The third-order valence-electron chi connectivity index (χ3n) is 2.51. The maximum Gasteiger partial charge on any atom is 0.244 e. The number of hydrogen-bond acceptors (Lipinski definition) is 5. The van der Waals surface area contributed by atoms with E-state index in [0.717, 1.165) is 0 Å². The first-order valence-corrected chi connectivity index (χ1v) is 7.25. The highest BCUT2D eigenvalue weighted by Crippen LogP contribution is 2.04. The van der Waals surface area contributed by atoms with Gasteiger partial charge in [0.25, 0.3) is 0 Å². The summed E-state index contributed by atoms with van der Waals surface area (Å²) in [7, 11) is -0.293. The van der Waals surface area contributed by atoms with Gasteiger partial charge in [-0.05, 0) is 14.0 Å². The third-order valence-corrected chi connectivity index (χ3v) is 3.87. The summed E-state index contributed by atoms with van der Waals surface area (Å²) in [4.78, 5) is 11.5. The Morgan fingerprint density at radius 1 is 1.53 bits per heavy atom. The van der Waals surface area contributed by atoms with Crippen LogP contribution in [0.3, 0.4) is 0 Å². The summed E-state index contributed by atoms with van der Waals surface area (Å²) < 4.78 is 27.2. The van der Waals surface area contributed by atoms with E-state index in [1.54, 1.807) is 14.1 Å². The molecule has 0 radical (unpaired) electrons. The number of carbonyl (C=O) groups excluding carboxylic acids is 1. The second kappa shape index (κ2) is 6.64. The number of carbonyl (C=O) groups is 1. The van der Waals surface area contributed by atoms with Crippen molar-refractivity contribution in [1.82, 2.24) is 25.1 Å². The van der Waals surface area contributed by atoms with Crippen molar-refractivity contribution in [3.05, 3.63) is 12.4 Å². The summed E-state index contributed by atoms with van der Waals surface area (Å²) in [6.07, 6.45) is 2.59. The van der Waals surface area contributed by atoms with Crippen molar-refractivity contribution in [3.63, 3.8) is 0 Å². The van der Waals surface area contributed by atoms with Gasteiger partial charge in [-0.25, -0.2) is 13.1 Å². The topological polar surface area (TPSA) is 105 Å². The molecule has 0 aliphatic heterocycles.